The second-order valence-electron chi connectivity index (χ2n) is 3.99. The molecular formula is C13H11N3O. The zero-order valence-electron chi connectivity index (χ0n) is 9.03. The van der Waals surface area contributed by atoms with Crippen molar-refractivity contribution in [1.29, 1.82) is 0 Å². The number of hydrogen-bond donors (Lipinski definition) is 3. The van der Waals surface area contributed by atoms with Crippen molar-refractivity contribution in [3.63, 3.8) is 0 Å². The second-order valence-corrected chi connectivity index (χ2v) is 3.99. The minimum absolute atomic E-state index is 0.323. The van der Waals surface area contributed by atoms with Crippen molar-refractivity contribution >= 4 is 33.4 Å². The average molecular weight is 225 g/mol. The molecule has 3 rings (SSSR count). The van der Waals surface area contributed by atoms with Gasteiger partial charge in [-0.25, -0.2) is 0 Å². The Labute approximate surface area is 97.2 Å². The minimum atomic E-state index is -0.510. The van der Waals surface area contributed by atoms with Crippen molar-refractivity contribution in [2.45, 2.75) is 0 Å². The predicted molar refractivity (Wildman–Crippen MR) is 68.7 cm³/mol. The normalized spacial score (nSPS) is 11.1. The van der Waals surface area contributed by atoms with Crippen LogP contribution in [0.3, 0.4) is 0 Å². The summed E-state index contributed by atoms with van der Waals surface area (Å²) in [6, 6.07) is 11.7. The summed E-state index contributed by atoms with van der Waals surface area (Å²) in [6.45, 7) is 0. The Hall–Kier alpha value is -2.49. The minimum Gasteiger partial charge on any atom is -0.385 e. The Bertz CT molecular complexity index is 743. The Morgan fingerprint density at radius 2 is 1.82 bits per heavy atom. The third-order valence-corrected chi connectivity index (χ3v) is 2.97. The number of benzene rings is 2. The van der Waals surface area contributed by atoms with Gasteiger partial charge in [0.2, 0.25) is 0 Å². The molecule has 3 aromatic rings. The highest BCUT2D eigenvalue weighted by Crippen LogP contribution is 2.30. The van der Waals surface area contributed by atoms with E-state index in [0.717, 1.165) is 21.7 Å². The summed E-state index contributed by atoms with van der Waals surface area (Å²) in [6.07, 6.45) is 0. The Morgan fingerprint density at radius 1 is 1.06 bits per heavy atom. The summed E-state index contributed by atoms with van der Waals surface area (Å²) in [4.78, 5) is 14.4. The lowest BCUT2D eigenvalue weighted by molar-refractivity contribution is 0.100. The van der Waals surface area contributed by atoms with Crippen LogP contribution in [0.25, 0.3) is 21.7 Å². The van der Waals surface area contributed by atoms with Crippen LogP contribution in [0.5, 0.6) is 0 Å². The summed E-state index contributed by atoms with van der Waals surface area (Å²) in [5.41, 5.74) is 12.3. The third kappa shape index (κ3) is 1.27. The van der Waals surface area contributed by atoms with Gasteiger partial charge in [0, 0.05) is 10.8 Å². The maximum Gasteiger partial charge on any atom is 0.253 e. The number of anilines is 1. The van der Waals surface area contributed by atoms with Crippen LogP contribution in [-0.4, -0.2) is 10.9 Å². The van der Waals surface area contributed by atoms with Gasteiger partial charge in [-0.3, -0.25) is 4.79 Å². The molecule has 0 atom stereocenters. The molecular weight excluding hydrogens is 214 g/mol. The average Bonchev–Trinajstić information content (AvgIpc) is 2.65. The number of primary amides is 1. The lowest BCUT2D eigenvalue weighted by Crippen LogP contribution is -2.12. The molecule has 1 heterocycles. The molecule has 84 valence electrons. The molecule has 0 fully saturated rings. The van der Waals surface area contributed by atoms with Gasteiger partial charge in [-0.15, -0.1) is 0 Å². The van der Waals surface area contributed by atoms with E-state index in [1.54, 1.807) is 0 Å². The third-order valence-electron chi connectivity index (χ3n) is 2.97. The number of aromatic amines is 1. The number of fused-ring (bicyclic) bond motifs is 3. The number of hydrogen-bond acceptors (Lipinski definition) is 2. The molecule has 4 nitrogen and oxygen atoms in total. The van der Waals surface area contributed by atoms with Gasteiger partial charge in [-0.05, 0) is 5.39 Å². The molecule has 0 aliphatic rings. The van der Waals surface area contributed by atoms with Gasteiger partial charge in [-0.2, -0.15) is 0 Å². The Morgan fingerprint density at radius 3 is 2.59 bits per heavy atom. The predicted octanol–water partition coefficient (Wildman–Crippen LogP) is 2.00. The fourth-order valence-corrected chi connectivity index (χ4v) is 2.22. The van der Waals surface area contributed by atoms with E-state index in [2.05, 4.69) is 4.98 Å². The first-order valence-corrected chi connectivity index (χ1v) is 5.27. The molecule has 1 aromatic heterocycles. The largest absolute Gasteiger partial charge is 0.385 e. The van der Waals surface area contributed by atoms with Crippen LogP contribution in [0, 0.1) is 0 Å². The molecule has 17 heavy (non-hydrogen) atoms. The summed E-state index contributed by atoms with van der Waals surface area (Å²) in [5, 5.41) is 2.90. The zero-order chi connectivity index (χ0) is 12.0. The van der Waals surface area contributed by atoms with Gasteiger partial charge in [0.15, 0.2) is 0 Å². The number of aromatic nitrogens is 1. The number of rotatable bonds is 1. The molecule has 0 radical (unpaired) electrons. The summed E-state index contributed by atoms with van der Waals surface area (Å²) >= 11 is 0. The number of nitrogens with two attached hydrogens (primary N) is 2. The molecule has 1 amide bonds. The van der Waals surface area contributed by atoms with E-state index in [1.165, 1.54) is 0 Å². The Balaban J connectivity index is 2.53. The molecule has 5 N–H and O–H groups in total. The van der Waals surface area contributed by atoms with Crippen molar-refractivity contribution in [1.82, 2.24) is 4.98 Å². The fraction of sp³-hybridized carbons (Fsp3) is 0. The molecule has 0 aliphatic carbocycles. The van der Waals surface area contributed by atoms with Gasteiger partial charge >= 0.3 is 0 Å². The first-order chi connectivity index (χ1) is 8.18. The van der Waals surface area contributed by atoms with E-state index < -0.39 is 5.91 Å². The van der Waals surface area contributed by atoms with Gasteiger partial charge in [0.25, 0.3) is 5.91 Å². The van der Waals surface area contributed by atoms with Crippen molar-refractivity contribution in [3.8, 4) is 0 Å². The number of nitrogen functional groups attached to an aromatic ring is 1. The molecule has 0 aliphatic heterocycles. The van der Waals surface area contributed by atoms with Crippen molar-refractivity contribution in [2.75, 3.05) is 5.73 Å². The van der Waals surface area contributed by atoms with Gasteiger partial charge in [0.05, 0.1) is 11.1 Å². The fourth-order valence-electron chi connectivity index (χ4n) is 2.22. The number of carbonyl (C=O) groups excluding carboxylic acids is 1. The maximum atomic E-state index is 11.4. The van der Waals surface area contributed by atoms with Gasteiger partial charge in [0.1, 0.15) is 5.82 Å². The molecule has 2 aromatic carbocycles. The van der Waals surface area contributed by atoms with E-state index in [0.29, 0.717) is 11.4 Å². The van der Waals surface area contributed by atoms with Crippen LogP contribution in [0.15, 0.2) is 36.4 Å². The van der Waals surface area contributed by atoms with Crippen LogP contribution in [0.2, 0.25) is 0 Å². The standard InChI is InChI=1S/C13H11N3O/c14-12-10(13(15)17)9-6-5-7-3-1-2-4-8(7)11(9)16-12/h1-6,16H,14H2,(H2,15,17). The van der Waals surface area contributed by atoms with E-state index in [1.807, 2.05) is 36.4 Å². The monoisotopic (exact) mass is 225 g/mol. The Kier molecular flexibility index (Phi) is 1.86. The van der Waals surface area contributed by atoms with Crippen LogP contribution in [0.1, 0.15) is 10.4 Å². The van der Waals surface area contributed by atoms with Crippen LogP contribution in [-0.2, 0) is 0 Å². The first kappa shape index (κ1) is 9.72. The lowest BCUT2D eigenvalue weighted by atomic mass is 10.1. The molecule has 0 unspecified atom stereocenters. The number of amides is 1. The molecule has 0 saturated carbocycles. The second kappa shape index (κ2) is 3.25. The van der Waals surface area contributed by atoms with Gasteiger partial charge < -0.3 is 16.5 Å². The topological polar surface area (TPSA) is 84.9 Å². The molecule has 0 saturated heterocycles. The van der Waals surface area contributed by atoms with Crippen LogP contribution >= 0.6 is 0 Å². The van der Waals surface area contributed by atoms with E-state index in [4.69, 9.17) is 11.5 Å². The first-order valence-electron chi connectivity index (χ1n) is 5.27. The molecule has 0 spiro atoms. The smallest absolute Gasteiger partial charge is 0.253 e. The lowest BCUT2D eigenvalue weighted by Gasteiger charge is -1.99. The summed E-state index contributed by atoms with van der Waals surface area (Å²) in [7, 11) is 0. The number of nitrogens with one attached hydrogen (secondary N) is 1. The SMILES string of the molecule is NC(=O)c1c(N)[nH]c2c1ccc1ccccc12. The summed E-state index contributed by atoms with van der Waals surface area (Å²) < 4.78 is 0. The van der Waals surface area contributed by atoms with Gasteiger partial charge in [-0.1, -0.05) is 36.4 Å². The number of H-pyrrole nitrogens is 1. The highest BCUT2D eigenvalue weighted by atomic mass is 16.1. The van der Waals surface area contributed by atoms with E-state index in [-0.39, 0.29) is 0 Å². The van der Waals surface area contributed by atoms with Crippen molar-refractivity contribution in [3.05, 3.63) is 42.0 Å². The van der Waals surface area contributed by atoms with E-state index >= 15 is 0 Å². The highest BCUT2D eigenvalue weighted by molar-refractivity contribution is 6.17. The molecule has 4 heteroatoms. The van der Waals surface area contributed by atoms with Crippen LogP contribution < -0.4 is 11.5 Å². The zero-order valence-corrected chi connectivity index (χ0v) is 9.03. The van der Waals surface area contributed by atoms with Crippen molar-refractivity contribution < 1.29 is 4.79 Å². The number of carbonyl (C=O) groups is 1. The summed E-state index contributed by atoms with van der Waals surface area (Å²) in [5.74, 6) is -0.187. The van der Waals surface area contributed by atoms with Crippen LogP contribution in [0.4, 0.5) is 5.82 Å². The highest BCUT2D eigenvalue weighted by Gasteiger charge is 2.15. The van der Waals surface area contributed by atoms with E-state index in [9.17, 15) is 4.79 Å². The maximum absolute atomic E-state index is 11.4. The quantitative estimate of drug-likeness (QED) is 0.591. The van der Waals surface area contributed by atoms with Crippen molar-refractivity contribution in [2.24, 2.45) is 5.73 Å². The molecule has 0 bridgehead atoms.